The van der Waals surface area contributed by atoms with Crippen LogP contribution in [-0.4, -0.2) is 0 Å². The Balaban J connectivity index is 2.37. The molecular formula is C13H9BrCl2FN. The lowest BCUT2D eigenvalue weighted by Crippen LogP contribution is -2.12. The largest absolute Gasteiger partial charge is 0.320 e. The van der Waals surface area contributed by atoms with Crippen molar-refractivity contribution >= 4 is 39.1 Å². The van der Waals surface area contributed by atoms with Crippen molar-refractivity contribution in [3.63, 3.8) is 0 Å². The van der Waals surface area contributed by atoms with Gasteiger partial charge in [0.25, 0.3) is 0 Å². The molecule has 0 saturated heterocycles. The number of rotatable bonds is 2. The van der Waals surface area contributed by atoms with Crippen molar-refractivity contribution in [2.75, 3.05) is 0 Å². The SMILES string of the molecule is NC(c1ccc(Cl)c(Cl)c1)c1ccc(F)c(Br)c1. The monoisotopic (exact) mass is 347 g/mol. The van der Waals surface area contributed by atoms with Gasteiger partial charge in [-0.1, -0.05) is 35.3 Å². The maximum absolute atomic E-state index is 13.2. The molecule has 0 aromatic heterocycles. The zero-order chi connectivity index (χ0) is 13.3. The molecule has 2 aromatic rings. The standard InChI is InChI=1S/C13H9BrCl2FN/c14-9-5-7(2-4-12(9)17)13(18)8-1-3-10(15)11(16)6-8/h1-6,13H,18H2. The second-order valence-corrected chi connectivity index (χ2v) is 5.49. The van der Waals surface area contributed by atoms with Gasteiger partial charge in [0.2, 0.25) is 0 Å². The Morgan fingerprint density at radius 3 is 2.22 bits per heavy atom. The van der Waals surface area contributed by atoms with Crippen LogP contribution in [0.15, 0.2) is 40.9 Å². The van der Waals surface area contributed by atoms with Crippen LogP contribution in [-0.2, 0) is 0 Å². The van der Waals surface area contributed by atoms with Gasteiger partial charge in [-0.3, -0.25) is 0 Å². The Hall–Kier alpha value is -0.610. The molecule has 5 heteroatoms. The van der Waals surface area contributed by atoms with E-state index in [-0.39, 0.29) is 11.9 Å². The molecule has 0 aliphatic carbocycles. The molecule has 0 saturated carbocycles. The molecule has 0 bridgehead atoms. The van der Waals surface area contributed by atoms with E-state index < -0.39 is 0 Å². The summed E-state index contributed by atoms with van der Waals surface area (Å²) >= 11 is 14.9. The van der Waals surface area contributed by atoms with E-state index >= 15 is 0 Å². The first-order valence-corrected chi connectivity index (χ1v) is 6.69. The third-order valence-corrected chi connectivity index (χ3v) is 3.95. The van der Waals surface area contributed by atoms with E-state index in [9.17, 15) is 4.39 Å². The van der Waals surface area contributed by atoms with Gasteiger partial charge in [0.1, 0.15) is 5.82 Å². The van der Waals surface area contributed by atoms with Crippen LogP contribution in [0.25, 0.3) is 0 Å². The number of nitrogens with two attached hydrogens (primary N) is 1. The van der Waals surface area contributed by atoms with Crippen molar-refractivity contribution in [3.05, 3.63) is 67.9 Å². The Morgan fingerprint density at radius 1 is 1.00 bits per heavy atom. The van der Waals surface area contributed by atoms with Crippen LogP contribution in [0, 0.1) is 5.82 Å². The number of hydrogen-bond acceptors (Lipinski definition) is 1. The molecule has 1 atom stereocenters. The number of benzene rings is 2. The van der Waals surface area contributed by atoms with E-state index in [4.69, 9.17) is 28.9 Å². The highest BCUT2D eigenvalue weighted by atomic mass is 79.9. The molecule has 94 valence electrons. The normalized spacial score (nSPS) is 12.5. The lowest BCUT2D eigenvalue weighted by molar-refractivity contribution is 0.619. The molecule has 1 nitrogen and oxygen atoms in total. The highest BCUT2D eigenvalue weighted by Crippen LogP contribution is 2.29. The fraction of sp³-hybridized carbons (Fsp3) is 0.0769. The summed E-state index contributed by atoms with van der Waals surface area (Å²) < 4.78 is 13.5. The van der Waals surface area contributed by atoms with Gasteiger partial charge in [0.05, 0.1) is 20.6 Å². The molecule has 18 heavy (non-hydrogen) atoms. The molecule has 2 aromatic carbocycles. The summed E-state index contributed by atoms with van der Waals surface area (Å²) in [7, 11) is 0. The lowest BCUT2D eigenvalue weighted by atomic mass is 10.00. The van der Waals surface area contributed by atoms with Crippen LogP contribution in [0.5, 0.6) is 0 Å². The van der Waals surface area contributed by atoms with E-state index in [1.807, 2.05) is 0 Å². The molecule has 2 rings (SSSR count). The summed E-state index contributed by atoms with van der Waals surface area (Å²) in [6.45, 7) is 0. The molecule has 0 aliphatic heterocycles. The Morgan fingerprint density at radius 2 is 1.61 bits per heavy atom. The van der Waals surface area contributed by atoms with Crippen molar-refractivity contribution in [3.8, 4) is 0 Å². The van der Waals surface area contributed by atoms with E-state index in [0.717, 1.165) is 11.1 Å². The van der Waals surface area contributed by atoms with Crippen molar-refractivity contribution in [2.24, 2.45) is 5.73 Å². The molecule has 2 N–H and O–H groups in total. The first-order chi connectivity index (χ1) is 8.49. The van der Waals surface area contributed by atoms with Crippen LogP contribution in [0.2, 0.25) is 10.0 Å². The quantitative estimate of drug-likeness (QED) is 0.816. The topological polar surface area (TPSA) is 26.0 Å². The minimum Gasteiger partial charge on any atom is -0.320 e. The summed E-state index contributed by atoms with van der Waals surface area (Å²) in [5.74, 6) is -0.319. The second-order valence-electron chi connectivity index (χ2n) is 3.82. The maximum atomic E-state index is 13.2. The third kappa shape index (κ3) is 2.86. The van der Waals surface area contributed by atoms with Gasteiger partial charge < -0.3 is 5.73 Å². The van der Waals surface area contributed by atoms with Gasteiger partial charge in [-0.2, -0.15) is 0 Å². The first kappa shape index (κ1) is 13.8. The Kier molecular flexibility index (Phi) is 4.28. The predicted molar refractivity (Wildman–Crippen MR) is 76.6 cm³/mol. The predicted octanol–water partition coefficient (Wildman–Crippen LogP) is 4.94. The average molecular weight is 349 g/mol. The van der Waals surface area contributed by atoms with Gasteiger partial charge in [0, 0.05) is 0 Å². The zero-order valence-corrected chi connectivity index (χ0v) is 12.2. The molecule has 1 unspecified atom stereocenters. The summed E-state index contributed by atoms with van der Waals surface area (Å²) in [5.41, 5.74) is 7.72. The minimum atomic E-state index is -0.378. The minimum absolute atomic E-state index is 0.319. The summed E-state index contributed by atoms with van der Waals surface area (Å²) in [6, 6.07) is 9.50. The van der Waals surface area contributed by atoms with E-state index in [0.29, 0.717) is 14.5 Å². The van der Waals surface area contributed by atoms with Gasteiger partial charge in [-0.05, 0) is 51.3 Å². The fourth-order valence-electron chi connectivity index (χ4n) is 1.60. The smallest absolute Gasteiger partial charge is 0.137 e. The average Bonchev–Trinajstić information content (AvgIpc) is 2.35. The Bertz CT molecular complexity index is 538. The molecule has 0 radical (unpaired) electrons. The summed E-state index contributed by atoms with van der Waals surface area (Å²) in [6.07, 6.45) is 0. The van der Waals surface area contributed by atoms with Crippen LogP contribution < -0.4 is 5.73 Å². The molecule has 0 spiro atoms. The van der Waals surface area contributed by atoms with Gasteiger partial charge in [-0.15, -0.1) is 0 Å². The molecule has 0 amide bonds. The highest BCUT2D eigenvalue weighted by Gasteiger charge is 2.12. The third-order valence-electron chi connectivity index (χ3n) is 2.61. The zero-order valence-electron chi connectivity index (χ0n) is 9.13. The number of halogens is 4. The van der Waals surface area contributed by atoms with Crippen LogP contribution in [0.3, 0.4) is 0 Å². The maximum Gasteiger partial charge on any atom is 0.137 e. The van der Waals surface area contributed by atoms with Crippen LogP contribution in [0.4, 0.5) is 4.39 Å². The molecule has 0 fully saturated rings. The first-order valence-electron chi connectivity index (χ1n) is 5.14. The summed E-state index contributed by atoms with van der Waals surface area (Å²) in [5, 5.41) is 0.929. The molecule has 0 aliphatic rings. The molecular weight excluding hydrogens is 340 g/mol. The highest BCUT2D eigenvalue weighted by molar-refractivity contribution is 9.10. The van der Waals surface area contributed by atoms with Gasteiger partial charge >= 0.3 is 0 Å². The van der Waals surface area contributed by atoms with Crippen molar-refractivity contribution in [1.29, 1.82) is 0 Å². The summed E-state index contributed by atoms with van der Waals surface area (Å²) in [4.78, 5) is 0. The van der Waals surface area contributed by atoms with Crippen molar-refractivity contribution in [2.45, 2.75) is 6.04 Å². The van der Waals surface area contributed by atoms with E-state index in [1.54, 1.807) is 30.3 Å². The molecule has 0 heterocycles. The second kappa shape index (κ2) is 5.57. The van der Waals surface area contributed by atoms with Crippen molar-refractivity contribution < 1.29 is 4.39 Å². The van der Waals surface area contributed by atoms with Crippen LogP contribution >= 0.6 is 39.1 Å². The lowest BCUT2D eigenvalue weighted by Gasteiger charge is -2.14. The van der Waals surface area contributed by atoms with E-state index in [2.05, 4.69) is 15.9 Å². The van der Waals surface area contributed by atoms with Crippen LogP contribution in [0.1, 0.15) is 17.2 Å². The van der Waals surface area contributed by atoms with E-state index in [1.165, 1.54) is 6.07 Å². The Labute approximate surface area is 123 Å². The van der Waals surface area contributed by atoms with Gasteiger partial charge in [-0.25, -0.2) is 4.39 Å². The number of hydrogen-bond donors (Lipinski definition) is 1. The fourth-order valence-corrected chi connectivity index (χ4v) is 2.31. The van der Waals surface area contributed by atoms with Crippen molar-refractivity contribution in [1.82, 2.24) is 0 Å². The van der Waals surface area contributed by atoms with Gasteiger partial charge in [0.15, 0.2) is 0 Å².